The fourth-order valence-electron chi connectivity index (χ4n) is 1.28. The Bertz CT molecular complexity index is 206. The van der Waals surface area contributed by atoms with E-state index in [1.807, 2.05) is 0 Å². The van der Waals surface area contributed by atoms with Crippen LogP contribution in [0, 0.1) is 5.41 Å². The average molecular weight is 246 g/mol. The second kappa shape index (κ2) is 8.48. The van der Waals surface area contributed by atoms with Crippen LogP contribution >= 0.6 is 0 Å². The monoisotopic (exact) mass is 246 g/mol. The van der Waals surface area contributed by atoms with E-state index in [9.17, 15) is 4.79 Å². The molecule has 0 saturated carbocycles. The van der Waals surface area contributed by atoms with Crippen molar-refractivity contribution in [1.29, 1.82) is 0 Å². The molecule has 0 aliphatic heterocycles. The van der Waals surface area contributed by atoms with Crippen LogP contribution < -0.4 is 0 Å². The van der Waals surface area contributed by atoms with Crippen molar-refractivity contribution < 1.29 is 19.6 Å². The molecule has 0 aromatic rings. The van der Waals surface area contributed by atoms with E-state index in [0.717, 1.165) is 19.3 Å². The molecule has 0 aliphatic carbocycles. The third-order valence-electron chi connectivity index (χ3n) is 2.17. The Hall–Kier alpha value is -0.610. The van der Waals surface area contributed by atoms with Gasteiger partial charge in [-0.15, -0.1) is 0 Å². The Morgan fingerprint density at radius 2 is 1.76 bits per heavy atom. The number of hydrogen-bond acceptors (Lipinski definition) is 4. The van der Waals surface area contributed by atoms with Gasteiger partial charge in [0.05, 0.1) is 6.10 Å². The summed E-state index contributed by atoms with van der Waals surface area (Å²) in [5.74, 6) is -0.374. The molecule has 0 N–H and O–H groups in total. The second-order valence-electron chi connectivity index (χ2n) is 5.79. The molecule has 0 aliphatic rings. The lowest BCUT2D eigenvalue weighted by Gasteiger charge is -2.17. The number of hydrogen-bond donors (Lipinski definition) is 0. The normalized spacial score (nSPS) is 11.9. The van der Waals surface area contributed by atoms with Gasteiger partial charge in [-0.25, -0.2) is 4.79 Å². The maximum absolute atomic E-state index is 11.2. The molecule has 0 aromatic carbocycles. The summed E-state index contributed by atoms with van der Waals surface area (Å²) in [6.45, 7) is 10.2. The molecule has 0 fully saturated rings. The van der Waals surface area contributed by atoms with Crippen LogP contribution in [0.2, 0.25) is 0 Å². The van der Waals surface area contributed by atoms with Crippen LogP contribution in [0.1, 0.15) is 66.7 Å². The van der Waals surface area contributed by atoms with Crippen molar-refractivity contribution in [1.82, 2.24) is 0 Å². The molecule has 4 nitrogen and oxygen atoms in total. The zero-order valence-electron chi connectivity index (χ0n) is 11.7. The standard InChI is InChI=1S/C13H26O4/c1-11(2)15-17-16-12(14)9-7-6-8-10-13(3,4)5/h11H,6-10H2,1-5H3. The topological polar surface area (TPSA) is 44.8 Å². The van der Waals surface area contributed by atoms with E-state index in [1.54, 1.807) is 13.8 Å². The van der Waals surface area contributed by atoms with Crippen molar-refractivity contribution in [3.8, 4) is 0 Å². The molecule has 0 unspecified atom stereocenters. The van der Waals surface area contributed by atoms with Gasteiger partial charge in [-0.1, -0.05) is 33.6 Å². The Morgan fingerprint density at radius 3 is 2.29 bits per heavy atom. The smallest absolute Gasteiger partial charge is 0.269 e. The van der Waals surface area contributed by atoms with Gasteiger partial charge in [-0.05, 0) is 37.1 Å². The third-order valence-corrected chi connectivity index (χ3v) is 2.17. The molecular formula is C13H26O4. The molecule has 0 heterocycles. The molecule has 4 heteroatoms. The van der Waals surface area contributed by atoms with E-state index < -0.39 is 0 Å². The van der Waals surface area contributed by atoms with E-state index in [4.69, 9.17) is 0 Å². The number of unbranched alkanes of at least 4 members (excludes halogenated alkanes) is 2. The van der Waals surface area contributed by atoms with Gasteiger partial charge >= 0.3 is 5.97 Å². The van der Waals surface area contributed by atoms with Gasteiger partial charge in [0.15, 0.2) is 0 Å². The summed E-state index contributed by atoms with van der Waals surface area (Å²) in [6.07, 6.45) is 4.45. The summed E-state index contributed by atoms with van der Waals surface area (Å²) in [5, 5.41) is 4.32. The third kappa shape index (κ3) is 13.3. The summed E-state index contributed by atoms with van der Waals surface area (Å²) < 4.78 is 0. The minimum atomic E-state index is -0.374. The van der Waals surface area contributed by atoms with E-state index >= 15 is 0 Å². The van der Waals surface area contributed by atoms with Crippen LogP contribution in [0.3, 0.4) is 0 Å². The van der Waals surface area contributed by atoms with E-state index in [0.29, 0.717) is 11.8 Å². The molecular weight excluding hydrogens is 220 g/mol. The fraction of sp³-hybridized carbons (Fsp3) is 0.923. The van der Waals surface area contributed by atoms with Crippen molar-refractivity contribution in [3.63, 3.8) is 0 Å². The molecule has 17 heavy (non-hydrogen) atoms. The first-order valence-corrected chi connectivity index (χ1v) is 6.34. The second-order valence-corrected chi connectivity index (χ2v) is 5.79. The van der Waals surface area contributed by atoms with Gasteiger partial charge in [0.1, 0.15) is 0 Å². The SMILES string of the molecule is CC(C)OOOC(=O)CCCCCC(C)(C)C. The highest BCUT2D eigenvalue weighted by atomic mass is 17.5. The number of carbonyl (C=O) groups is 1. The van der Waals surface area contributed by atoms with Crippen molar-refractivity contribution in [2.75, 3.05) is 0 Å². The highest BCUT2D eigenvalue weighted by Crippen LogP contribution is 2.22. The van der Waals surface area contributed by atoms with Gasteiger partial charge in [0.25, 0.3) is 0 Å². The fourth-order valence-corrected chi connectivity index (χ4v) is 1.28. The molecule has 0 rings (SSSR count). The Labute approximate surface area is 104 Å². The predicted octanol–water partition coefficient (Wildman–Crippen LogP) is 3.80. The summed E-state index contributed by atoms with van der Waals surface area (Å²) in [4.78, 5) is 20.2. The lowest BCUT2D eigenvalue weighted by Crippen LogP contribution is -2.10. The predicted molar refractivity (Wildman–Crippen MR) is 65.9 cm³/mol. The highest BCUT2D eigenvalue weighted by molar-refractivity contribution is 5.68. The molecule has 0 radical (unpaired) electrons. The molecule has 0 amide bonds. The number of rotatable bonds is 8. The van der Waals surface area contributed by atoms with E-state index in [2.05, 4.69) is 35.6 Å². The largest absolute Gasteiger partial charge is 0.345 e. The molecule has 0 spiro atoms. The first kappa shape index (κ1) is 16.4. The molecule has 102 valence electrons. The highest BCUT2D eigenvalue weighted by Gasteiger charge is 2.10. The first-order valence-electron chi connectivity index (χ1n) is 6.34. The molecule has 0 atom stereocenters. The van der Waals surface area contributed by atoms with Crippen molar-refractivity contribution in [2.24, 2.45) is 5.41 Å². The van der Waals surface area contributed by atoms with Crippen LogP contribution in [0.5, 0.6) is 0 Å². The quantitative estimate of drug-likeness (QED) is 0.371. The van der Waals surface area contributed by atoms with Gasteiger partial charge in [0.2, 0.25) is 0 Å². The summed E-state index contributed by atoms with van der Waals surface area (Å²) in [5.41, 5.74) is 0.370. The van der Waals surface area contributed by atoms with Gasteiger partial charge in [0, 0.05) is 6.42 Å². The van der Waals surface area contributed by atoms with Gasteiger partial charge in [-0.3, -0.25) is 4.89 Å². The van der Waals surface area contributed by atoms with Crippen molar-refractivity contribution in [3.05, 3.63) is 0 Å². The number of carbonyl (C=O) groups excluding carboxylic acids is 1. The minimum absolute atomic E-state index is 0.116. The minimum Gasteiger partial charge on any atom is -0.269 e. The Balaban J connectivity index is 3.34. The lowest BCUT2D eigenvalue weighted by molar-refractivity contribution is -0.498. The first-order chi connectivity index (χ1) is 7.81. The maximum atomic E-state index is 11.2. The van der Waals surface area contributed by atoms with Crippen LogP contribution in [-0.4, -0.2) is 12.1 Å². The van der Waals surface area contributed by atoms with Crippen LogP contribution in [-0.2, 0) is 19.6 Å². The lowest BCUT2D eigenvalue weighted by atomic mass is 9.89. The molecule has 0 bridgehead atoms. The van der Waals surface area contributed by atoms with Crippen LogP contribution in [0.4, 0.5) is 0 Å². The average Bonchev–Trinajstić information content (AvgIpc) is 2.14. The zero-order valence-corrected chi connectivity index (χ0v) is 11.7. The van der Waals surface area contributed by atoms with Crippen molar-refractivity contribution >= 4 is 5.97 Å². The van der Waals surface area contributed by atoms with Gasteiger partial charge < -0.3 is 0 Å². The van der Waals surface area contributed by atoms with Crippen LogP contribution in [0.25, 0.3) is 0 Å². The maximum Gasteiger partial charge on any atom is 0.345 e. The summed E-state index contributed by atoms with van der Waals surface area (Å²) in [7, 11) is 0. The zero-order chi connectivity index (χ0) is 13.3. The Kier molecular flexibility index (Phi) is 8.17. The molecule has 0 aromatic heterocycles. The van der Waals surface area contributed by atoms with Crippen molar-refractivity contribution in [2.45, 2.75) is 72.8 Å². The van der Waals surface area contributed by atoms with E-state index in [1.165, 1.54) is 6.42 Å². The van der Waals surface area contributed by atoms with E-state index in [-0.39, 0.29) is 12.1 Å². The van der Waals surface area contributed by atoms with Crippen LogP contribution in [0.15, 0.2) is 0 Å². The summed E-state index contributed by atoms with van der Waals surface area (Å²) >= 11 is 0. The summed E-state index contributed by atoms with van der Waals surface area (Å²) in [6, 6.07) is 0. The Morgan fingerprint density at radius 1 is 1.12 bits per heavy atom. The van der Waals surface area contributed by atoms with Gasteiger partial charge in [-0.2, -0.15) is 4.89 Å². The molecule has 0 saturated heterocycles.